The number of amides is 4. The van der Waals surface area contributed by atoms with Crippen LogP contribution in [0.25, 0.3) is 0 Å². The van der Waals surface area contributed by atoms with Gasteiger partial charge in [0.2, 0.25) is 11.8 Å². The molecule has 0 aromatic heterocycles. The molecule has 3 aromatic rings. The molecule has 7 heteroatoms. The number of benzene rings is 3. The van der Waals surface area contributed by atoms with Gasteiger partial charge in [-0.1, -0.05) is 78.4 Å². The molecule has 0 N–H and O–H groups in total. The minimum atomic E-state index is -1.13. The second kappa shape index (κ2) is 8.00. The Morgan fingerprint density at radius 3 is 1.88 bits per heavy atom. The number of carbonyl (C=O) groups is 4. The van der Waals surface area contributed by atoms with Crippen molar-refractivity contribution in [2.24, 2.45) is 40.6 Å². The standard InChI is InChI=1S/C35H27N3O4/c1-18-10-14-21(15-11-18)37-31(39)29-28-22-6-2-4-8-24(22)35(30(29)34(37)42,25-9-5-3-7-23(25)28)17-36-38-32(40)26-19-12-13-20(16-19)27(26)33(38)41/h2-15,17,19-20,26-30H,16H2,1H3/b36-17-/t19-,20-,26+,27+,28?,29+,30-,35?/m0/s1. The molecule has 7 nitrogen and oxygen atoms in total. The monoisotopic (exact) mass is 553 g/mol. The van der Waals surface area contributed by atoms with Gasteiger partial charge in [0.1, 0.15) is 0 Å². The van der Waals surface area contributed by atoms with Crippen LogP contribution < -0.4 is 4.90 Å². The minimum absolute atomic E-state index is 0.0721. The molecule has 3 fully saturated rings. The molecule has 1 saturated carbocycles. The lowest BCUT2D eigenvalue weighted by atomic mass is 9.47. The maximum absolute atomic E-state index is 14.5. The molecule has 0 spiro atoms. The van der Waals surface area contributed by atoms with Gasteiger partial charge in [-0.3, -0.25) is 19.2 Å². The quantitative estimate of drug-likeness (QED) is 0.274. The molecule has 206 valence electrons. The summed E-state index contributed by atoms with van der Waals surface area (Å²) in [5.74, 6) is -3.36. The lowest BCUT2D eigenvalue weighted by Crippen LogP contribution is -2.55. The van der Waals surface area contributed by atoms with Crippen LogP contribution >= 0.6 is 0 Å². The van der Waals surface area contributed by atoms with Crippen molar-refractivity contribution in [1.82, 2.24) is 5.01 Å². The van der Waals surface area contributed by atoms with E-state index in [1.165, 1.54) is 4.90 Å². The highest BCUT2D eigenvalue weighted by atomic mass is 16.2. The Bertz CT molecular complexity index is 1750. The van der Waals surface area contributed by atoms with Crippen LogP contribution in [0.4, 0.5) is 5.69 Å². The zero-order valence-electron chi connectivity index (χ0n) is 22.9. The van der Waals surface area contributed by atoms with E-state index in [1.807, 2.05) is 79.7 Å². The van der Waals surface area contributed by atoms with Gasteiger partial charge in [-0.25, -0.2) is 4.90 Å². The Morgan fingerprint density at radius 2 is 1.29 bits per heavy atom. The van der Waals surface area contributed by atoms with E-state index in [-0.39, 0.29) is 53.2 Å². The van der Waals surface area contributed by atoms with Crippen molar-refractivity contribution in [3.8, 4) is 0 Å². The van der Waals surface area contributed by atoms with Crippen LogP contribution in [-0.4, -0.2) is 34.9 Å². The number of carbonyl (C=O) groups excluding carboxylic acids is 4. The van der Waals surface area contributed by atoms with Crippen LogP contribution in [0.5, 0.6) is 0 Å². The fourth-order valence-corrected chi connectivity index (χ4v) is 9.15. The topological polar surface area (TPSA) is 87.1 Å². The highest BCUT2D eigenvalue weighted by Crippen LogP contribution is 2.64. The number of hydrazone groups is 1. The fourth-order valence-electron chi connectivity index (χ4n) is 9.15. The number of hydrogen-bond donors (Lipinski definition) is 0. The van der Waals surface area contributed by atoms with E-state index in [2.05, 4.69) is 17.3 Å². The third-order valence-corrected chi connectivity index (χ3v) is 10.8. The number of allylic oxidation sites excluding steroid dienone is 2. The van der Waals surface area contributed by atoms with Gasteiger partial charge in [-0.2, -0.15) is 10.1 Å². The molecular formula is C35H27N3O4. The van der Waals surface area contributed by atoms with Crippen molar-refractivity contribution < 1.29 is 19.2 Å². The number of rotatable bonds is 3. The van der Waals surface area contributed by atoms with Gasteiger partial charge in [-0.15, -0.1) is 0 Å². The van der Waals surface area contributed by atoms with Gasteiger partial charge in [0.15, 0.2) is 0 Å². The van der Waals surface area contributed by atoms with Crippen molar-refractivity contribution >= 4 is 35.5 Å². The van der Waals surface area contributed by atoms with E-state index in [1.54, 1.807) is 6.21 Å². The average Bonchev–Trinajstić information content (AvgIpc) is 3.75. The lowest BCUT2D eigenvalue weighted by molar-refractivity contribution is -0.140. The second-order valence-electron chi connectivity index (χ2n) is 12.6. The summed E-state index contributed by atoms with van der Waals surface area (Å²) >= 11 is 0. The summed E-state index contributed by atoms with van der Waals surface area (Å²) < 4.78 is 0. The maximum Gasteiger partial charge on any atom is 0.254 e. The van der Waals surface area contributed by atoms with E-state index in [4.69, 9.17) is 0 Å². The maximum atomic E-state index is 14.5. The Balaban J connectivity index is 1.24. The molecule has 6 atom stereocenters. The van der Waals surface area contributed by atoms with E-state index in [0.717, 1.165) is 39.2 Å². The summed E-state index contributed by atoms with van der Waals surface area (Å²) in [5, 5.41) is 5.73. The summed E-state index contributed by atoms with van der Waals surface area (Å²) in [6, 6.07) is 23.3. The zero-order chi connectivity index (χ0) is 28.5. The minimum Gasteiger partial charge on any atom is -0.274 e. The van der Waals surface area contributed by atoms with Gasteiger partial charge < -0.3 is 0 Å². The summed E-state index contributed by atoms with van der Waals surface area (Å²) in [4.78, 5) is 57.3. The number of hydrogen-bond acceptors (Lipinski definition) is 5. The van der Waals surface area contributed by atoms with E-state index >= 15 is 0 Å². The highest BCUT2D eigenvalue weighted by molar-refractivity contribution is 6.25. The first-order valence-corrected chi connectivity index (χ1v) is 14.7. The highest BCUT2D eigenvalue weighted by Gasteiger charge is 2.68. The largest absolute Gasteiger partial charge is 0.274 e. The fraction of sp³-hybridized carbons (Fsp3) is 0.286. The van der Waals surface area contributed by atoms with Crippen LogP contribution in [0.1, 0.15) is 40.2 Å². The third-order valence-electron chi connectivity index (χ3n) is 10.8. The van der Waals surface area contributed by atoms with Crippen molar-refractivity contribution in [3.05, 3.63) is 113 Å². The van der Waals surface area contributed by atoms with Crippen molar-refractivity contribution in [3.63, 3.8) is 0 Å². The molecule has 0 radical (unpaired) electrons. The first kappa shape index (κ1) is 24.0. The van der Waals surface area contributed by atoms with Crippen LogP contribution in [0.2, 0.25) is 0 Å². The van der Waals surface area contributed by atoms with Crippen molar-refractivity contribution in [1.29, 1.82) is 0 Å². The molecule has 10 rings (SSSR count). The molecule has 2 saturated heterocycles. The smallest absolute Gasteiger partial charge is 0.254 e. The van der Waals surface area contributed by atoms with Crippen LogP contribution in [0.15, 0.2) is 90.0 Å². The molecule has 5 aliphatic carbocycles. The van der Waals surface area contributed by atoms with E-state index < -0.39 is 17.3 Å². The van der Waals surface area contributed by atoms with Gasteiger partial charge in [0, 0.05) is 12.1 Å². The molecule has 4 amide bonds. The van der Waals surface area contributed by atoms with Gasteiger partial charge >= 0.3 is 0 Å². The molecule has 2 heterocycles. The number of nitrogens with zero attached hydrogens (tertiary/aromatic N) is 3. The number of aryl methyl sites for hydroxylation is 1. The Hall–Kier alpha value is -4.65. The normalized spacial score (nSPS) is 34.9. The van der Waals surface area contributed by atoms with Crippen LogP contribution in [-0.2, 0) is 24.6 Å². The summed E-state index contributed by atoms with van der Waals surface area (Å²) in [7, 11) is 0. The summed E-state index contributed by atoms with van der Waals surface area (Å²) in [5.41, 5.74) is 4.20. The Kier molecular flexibility index (Phi) is 4.57. The molecule has 2 aliphatic heterocycles. The first-order valence-electron chi connectivity index (χ1n) is 14.7. The molecule has 0 unspecified atom stereocenters. The number of imide groups is 2. The average molecular weight is 554 g/mol. The van der Waals surface area contributed by atoms with Gasteiger partial charge in [-0.05, 0) is 59.6 Å². The van der Waals surface area contributed by atoms with E-state index in [9.17, 15) is 19.2 Å². The zero-order valence-corrected chi connectivity index (χ0v) is 22.9. The second-order valence-corrected chi connectivity index (χ2v) is 12.6. The van der Waals surface area contributed by atoms with Crippen LogP contribution in [0.3, 0.4) is 0 Å². The predicted molar refractivity (Wildman–Crippen MR) is 154 cm³/mol. The summed E-state index contributed by atoms with van der Waals surface area (Å²) in [6.07, 6.45) is 6.61. The van der Waals surface area contributed by atoms with E-state index in [0.29, 0.717) is 5.69 Å². The van der Waals surface area contributed by atoms with Gasteiger partial charge in [0.05, 0.1) is 34.8 Å². The summed E-state index contributed by atoms with van der Waals surface area (Å²) in [6.45, 7) is 1.97. The molecule has 42 heavy (non-hydrogen) atoms. The molecule has 3 aromatic carbocycles. The van der Waals surface area contributed by atoms with Crippen LogP contribution in [0, 0.1) is 42.4 Å². The Labute approximate surface area is 242 Å². The number of anilines is 1. The SMILES string of the molecule is Cc1ccc(N2C(=O)[C@@H]3C4c5ccccc5C(/C=N\N5C(=O)[C@H]6[C@H](C5=O)[C@H]5C=C[C@H]6C5)(c5ccccc54)[C@@H]3C2=O)cc1. The predicted octanol–water partition coefficient (Wildman–Crippen LogP) is 4.34. The van der Waals surface area contributed by atoms with Crippen molar-refractivity contribution in [2.75, 3.05) is 4.90 Å². The van der Waals surface area contributed by atoms with Gasteiger partial charge in [0.25, 0.3) is 11.8 Å². The first-order chi connectivity index (χ1) is 20.4. The lowest BCUT2D eigenvalue weighted by Gasteiger charge is -2.52. The third kappa shape index (κ3) is 2.70. The van der Waals surface area contributed by atoms with Crippen molar-refractivity contribution in [2.45, 2.75) is 24.7 Å². The molecular weight excluding hydrogens is 526 g/mol. The Morgan fingerprint density at radius 1 is 0.714 bits per heavy atom. The number of fused-ring (bicyclic) bond motifs is 5. The molecule has 4 bridgehead atoms. The molecule has 7 aliphatic rings.